The number of methoxy groups -OCH3 is 1. The number of nitrogens with zero attached hydrogens (tertiary/aromatic N) is 1. The molecule has 2 N–H and O–H groups in total. The molecular formula is C16H36N2O. The molecule has 0 amide bonds. The largest absolute Gasteiger partial charge is 0.383 e. The van der Waals surface area contributed by atoms with Gasteiger partial charge in [0.15, 0.2) is 0 Å². The van der Waals surface area contributed by atoms with Crippen LogP contribution in [0.1, 0.15) is 66.2 Å². The van der Waals surface area contributed by atoms with Crippen LogP contribution in [0.5, 0.6) is 0 Å². The van der Waals surface area contributed by atoms with E-state index in [0.29, 0.717) is 6.04 Å². The second-order valence-electron chi connectivity index (χ2n) is 5.96. The van der Waals surface area contributed by atoms with E-state index in [1.807, 2.05) is 0 Å². The highest BCUT2D eigenvalue weighted by Crippen LogP contribution is 2.24. The number of unbranched alkanes of at least 4 members (excludes halogenated alkanes) is 4. The summed E-state index contributed by atoms with van der Waals surface area (Å²) < 4.78 is 5.30. The van der Waals surface area contributed by atoms with E-state index in [0.717, 1.165) is 19.7 Å². The Morgan fingerprint density at radius 1 is 1.16 bits per heavy atom. The van der Waals surface area contributed by atoms with Crippen molar-refractivity contribution in [2.24, 2.45) is 5.73 Å². The Hall–Kier alpha value is -0.120. The number of nitrogens with two attached hydrogens (primary N) is 1. The quantitative estimate of drug-likeness (QED) is 0.553. The third kappa shape index (κ3) is 6.73. The molecule has 0 radical (unpaired) electrons. The van der Waals surface area contributed by atoms with Crippen LogP contribution in [0.2, 0.25) is 0 Å². The Morgan fingerprint density at radius 2 is 1.79 bits per heavy atom. The molecule has 0 bridgehead atoms. The predicted octanol–water partition coefficient (Wildman–Crippen LogP) is 3.42. The predicted molar refractivity (Wildman–Crippen MR) is 84.6 cm³/mol. The minimum absolute atomic E-state index is 0.110. The van der Waals surface area contributed by atoms with Crippen molar-refractivity contribution in [2.45, 2.75) is 77.8 Å². The van der Waals surface area contributed by atoms with E-state index in [-0.39, 0.29) is 5.54 Å². The van der Waals surface area contributed by atoms with Gasteiger partial charge < -0.3 is 10.5 Å². The number of rotatable bonds is 12. The molecule has 0 spiro atoms. The molecule has 0 saturated carbocycles. The van der Waals surface area contributed by atoms with Crippen molar-refractivity contribution in [3.8, 4) is 0 Å². The van der Waals surface area contributed by atoms with Crippen LogP contribution in [0.3, 0.4) is 0 Å². The molecule has 3 nitrogen and oxygen atoms in total. The monoisotopic (exact) mass is 272 g/mol. The highest BCUT2D eigenvalue weighted by molar-refractivity contribution is 4.89. The van der Waals surface area contributed by atoms with Crippen molar-refractivity contribution in [1.82, 2.24) is 4.90 Å². The van der Waals surface area contributed by atoms with Gasteiger partial charge in [0.05, 0.1) is 6.61 Å². The van der Waals surface area contributed by atoms with E-state index >= 15 is 0 Å². The van der Waals surface area contributed by atoms with Crippen molar-refractivity contribution >= 4 is 0 Å². The van der Waals surface area contributed by atoms with Crippen LogP contribution in [0.25, 0.3) is 0 Å². The Balaban J connectivity index is 4.36. The Kier molecular flexibility index (Phi) is 10.6. The molecule has 0 heterocycles. The topological polar surface area (TPSA) is 38.5 Å². The van der Waals surface area contributed by atoms with E-state index in [4.69, 9.17) is 10.5 Å². The third-order valence-corrected chi connectivity index (χ3v) is 4.23. The maximum absolute atomic E-state index is 6.08. The summed E-state index contributed by atoms with van der Waals surface area (Å²) in [6, 6.07) is 0.430. The van der Waals surface area contributed by atoms with E-state index < -0.39 is 0 Å². The van der Waals surface area contributed by atoms with E-state index in [9.17, 15) is 0 Å². The van der Waals surface area contributed by atoms with E-state index in [2.05, 4.69) is 32.6 Å². The van der Waals surface area contributed by atoms with E-state index in [1.54, 1.807) is 7.11 Å². The van der Waals surface area contributed by atoms with Crippen molar-refractivity contribution in [2.75, 3.05) is 26.8 Å². The zero-order chi connectivity index (χ0) is 14.7. The number of hydrogen-bond acceptors (Lipinski definition) is 3. The summed E-state index contributed by atoms with van der Waals surface area (Å²) in [4.78, 5) is 2.51. The van der Waals surface area contributed by atoms with Gasteiger partial charge in [-0.15, -0.1) is 0 Å². The fourth-order valence-corrected chi connectivity index (χ4v) is 3.03. The lowest BCUT2D eigenvalue weighted by atomic mass is 9.90. The van der Waals surface area contributed by atoms with Crippen molar-refractivity contribution < 1.29 is 4.74 Å². The zero-order valence-electron chi connectivity index (χ0n) is 13.9. The first-order valence-electron chi connectivity index (χ1n) is 8.01. The van der Waals surface area contributed by atoms with Crippen molar-refractivity contribution in [3.63, 3.8) is 0 Å². The van der Waals surface area contributed by atoms with Gasteiger partial charge in [-0.2, -0.15) is 0 Å². The Labute approximate surface area is 120 Å². The van der Waals surface area contributed by atoms with Crippen molar-refractivity contribution in [3.05, 3.63) is 0 Å². The van der Waals surface area contributed by atoms with Crippen LogP contribution in [0, 0.1) is 0 Å². The van der Waals surface area contributed by atoms with Crippen LogP contribution in [0.4, 0.5) is 0 Å². The van der Waals surface area contributed by atoms with Crippen LogP contribution in [0.15, 0.2) is 0 Å². The molecule has 0 aromatic heterocycles. The lowest BCUT2D eigenvalue weighted by Crippen LogP contribution is -2.56. The standard InChI is InChI=1S/C16H36N2O/c1-6-8-9-10-11-12-16(4,14-17)18(7-2)15(3)13-19-5/h15H,6-14,17H2,1-5H3. The average molecular weight is 272 g/mol. The number of likely N-dealkylation sites (N-methyl/N-ethyl adjacent to an activating group) is 1. The molecule has 0 saturated heterocycles. The van der Waals surface area contributed by atoms with Crippen LogP contribution in [-0.2, 0) is 4.74 Å². The van der Waals surface area contributed by atoms with E-state index in [1.165, 1.54) is 38.5 Å². The number of hydrogen-bond donors (Lipinski definition) is 1. The lowest BCUT2D eigenvalue weighted by molar-refractivity contribution is 0.0236. The SMILES string of the molecule is CCCCCCCC(C)(CN)N(CC)C(C)COC. The summed E-state index contributed by atoms with van der Waals surface area (Å²) in [5, 5.41) is 0. The summed E-state index contributed by atoms with van der Waals surface area (Å²) in [5.41, 5.74) is 6.19. The van der Waals surface area contributed by atoms with Crippen LogP contribution < -0.4 is 5.73 Å². The first kappa shape index (κ1) is 18.9. The minimum atomic E-state index is 0.110. The summed E-state index contributed by atoms with van der Waals surface area (Å²) in [6.45, 7) is 11.6. The molecule has 0 aromatic carbocycles. The second kappa shape index (κ2) is 10.6. The Bertz CT molecular complexity index is 211. The molecule has 19 heavy (non-hydrogen) atoms. The molecule has 0 rings (SSSR count). The molecule has 116 valence electrons. The molecule has 2 atom stereocenters. The normalized spacial score (nSPS) is 16.6. The van der Waals surface area contributed by atoms with Gasteiger partial charge in [-0.1, -0.05) is 46.0 Å². The average Bonchev–Trinajstić information content (AvgIpc) is 2.39. The van der Waals surface area contributed by atoms with Gasteiger partial charge in [0.25, 0.3) is 0 Å². The molecule has 2 unspecified atom stereocenters. The fourth-order valence-electron chi connectivity index (χ4n) is 3.03. The molecule has 0 fully saturated rings. The third-order valence-electron chi connectivity index (χ3n) is 4.23. The lowest BCUT2D eigenvalue weighted by Gasteiger charge is -2.44. The Morgan fingerprint density at radius 3 is 2.26 bits per heavy atom. The van der Waals surface area contributed by atoms with Gasteiger partial charge in [0.1, 0.15) is 0 Å². The number of ether oxygens (including phenoxy) is 1. The highest BCUT2D eigenvalue weighted by atomic mass is 16.5. The molecular weight excluding hydrogens is 236 g/mol. The van der Waals surface area contributed by atoms with Gasteiger partial charge in [-0.3, -0.25) is 4.90 Å². The van der Waals surface area contributed by atoms with Crippen LogP contribution >= 0.6 is 0 Å². The van der Waals surface area contributed by atoms with Gasteiger partial charge in [-0.05, 0) is 26.8 Å². The summed E-state index contributed by atoms with van der Waals surface area (Å²) >= 11 is 0. The molecule has 0 aromatic rings. The van der Waals surface area contributed by atoms with Crippen LogP contribution in [-0.4, -0.2) is 43.3 Å². The summed E-state index contributed by atoms with van der Waals surface area (Å²) in [7, 11) is 1.77. The maximum Gasteiger partial charge on any atom is 0.0615 e. The minimum Gasteiger partial charge on any atom is -0.383 e. The molecule has 0 aliphatic carbocycles. The summed E-state index contributed by atoms with van der Waals surface area (Å²) in [5.74, 6) is 0. The van der Waals surface area contributed by atoms with Crippen molar-refractivity contribution in [1.29, 1.82) is 0 Å². The van der Waals surface area contributed by atoms with Gasteiger partial charge >= 0.3 is 0 Å². The molecule has 0 aliphatic rings. The fraction of sp³-hybridized carbons (Fsp3) is 1.00. The van der Waals surface area contributed by atoms with Gasteiger partial charge in [0, 0.05) is 25.2 Å². The molecule has 3 heteroatoms. The summed E-state index contributed by atoms with van der Waals surface area (Å²) in [6.07, 6.45) is 7.83. The first-order chi connectivity index (χ1) is 9.05. The first-order valence-corrected chi connectivity index (χ1v) is 8.01. The highest BCUT2D eigenvalue weighted by Gasteiger charge is 2.32. The second-order valence-corrected chi connectivity index (χ2v) is 5.96. The maximum atomic E-state index is 6.08. The zero-order valence-corrected chi connectivity index (χ0v) is 13.9. The smallest absolute Gasteiger partial charge is 0.0615 e. The molecule has 0 aliphatic heterocycles. The van der Waals surface area contributed by atoms with Gasteiger partial charge in [0.2, 0.25) is 0 Å². The van der Waals surface area contributed by atoms with Gasteiger partial charge in [-0.25, -0.2) is 0 Å².